The smallest absolute Gasteiger partial charge is 0.0704 e. The molecular weight excluding hydrogens is 234 g/mol. The maximum Gasteiger partial charge on any atom is 0.0704 e. The summed E-state index contributed by atoms with van der Waals surface area (Å²) in [6.07, 6.45) is 4.31. The van der Waals surface area contributed by atoms with Crippen molar-refractivity contribution in [3.63, 3.8) is 0 Å². The Balaban J connectivity index is 1.62. The van der Waals surface area contributed by atoms with Crippen molar-refractivity contribution in [2.75, 3.05) is 32.7 Å². The Morgan fingerprint density at radius 1 is 1.11 bits per heavy atom. The van der Waals surface area contributed by atoms with E-state index in [-0.39, 0.29) is 0 Å². The molecule has 0 unspecified atom stereocenters. The van der Waals surface area contributed by atoms with Gasteiger partial charge >= 0.3 is 0 Å². The number of nitrogens with one attached hydrogen (secondary N) is 1. The molecule has 3 rings (SSSR count). The van der Waals surface area contributed by atoms with E-state index in [1.165, 1.54) is 37.0 Å². The van der Waals surface area contributed by atoms with Crippen molar-refractivity contribution in [3.8, 4) is 0 Å². The fraction of sp³-hybridized carbons (Fsp3) is 0.438. The average Bonchev–Trinajstić information content (AvgIpc) is 2.49. The van der Waals surface area contributed by atoms with Crippen LogP contribution < -0.4 is 5.32 Å². The summed E-state index contributed by atoms with van der Waals surface area (Å²) in [7, 11) is 0. The van der Waals surface area contributed by atoms with Gasteiger partial charge in [0.15, 0.2) is 0 Å². The van der Waals surface area contributed by atoms with Crippen LogP contribution in [0.5, 0.6) is 0 Å². The quantitative estimate of drug-likeness (QED) is 0.906. The van der Waals surface area contributed by atoms with Crippen LogP contribution in [-0.2, 0) is 6.42 Å². The van der Waals surface area contributed by atoms with Crippen LogP contribution in [0.25, 0.3) is 10.9 Å². The molecule has 0 saturated carbocycles. The third kappa shape index (κ3) is 3.11. The first-order valence-corrected chi connectivity index (χ1v) is 7.19. The van der Waals surface area contributed by atoms with Crippen molar-refractivity contribution in [2.45, 2.75) is 12.8 Å². The zero-order valence-electron chi connectivity index (χ0n) is 11.3. The number of pyridine rings is 1. The molecule has 1 aliphatic heterocycles. The Labute approximate surface area is 114 Å². The van der Waals surface area contributed by atoms with Crippen molar-refractivity contribution < 1.29 is 0 Å². The minimum atomic E-state index is 1.11. The normalized spacial score (nSPS) is 16.8. The Bertz CT molecular complexity index is 527. The van der Waals surface area contributed by atoms with E-state index in [0.29, 0.717) is 0 Å². The lowest BCUT2D eigenvalue weighted by molar-refractivity contribution is 0.238. The number of hydrogen-bond acceptors (Lipinski definition) is 3. The first kappa shape index (κ1) is 12.6. The molecule has 1 fully saturated rings. The molecule has 1 aliphatic rings. The molecular formula is C16H21N3. The molecule has 3 nitrogen and oxygen atoms in total. The Hall–Kier alpha value is -1.45. The lowest BCUT2D eigenvalue weighted by Gasteiger charge is -2.27. The van der Waals surface area contributed by atoms with E-state index in [4.69, 9.17) is 0 Å². The third-order valence-electron chi connectivity index (χ3n) is 3.87. The van der Waals surface area contributed by atoms with Gasteiger partial charge in [-0.05, 0) is 37.1 Å². The second kappa shape index (κ2) is 6.13. The highest BCUT2D eigenvalue weighted by Crippen LogP contribution is 2.17. The molecule has 0 aliphatic carbocycles. The number of hydrogen-bond donors (Lipinski definition) is 1. The highest BCUT2D eigenvalue weighted by Gasteiger charge is 2.09. The van der Waals surface area contributed by atoms with E-state index in [0.717, 1.165) is 25.0 Å². The molecule has 0 spiro atoms. The first-order valence-electron chi connectivity index (χ1n) is 7.19. The molecule has 2 aromatic rings. The molecule has 100 valence electrons. The second-order valence-electron chi connectivity index (χ2n) is 5.18. The summed E-state index contributed by atoms with van der Waals surface area (Å²) >= 11 is 0. The minimum Gasteiger partial charge on any atom is -0.314 e. The van der Waals surface area contributed by atoms with Gasteiger partial charge in [-0.3, -0.25) is 4.98 Å². The zero-order chi connectivity index (χ0) is 12.9. The van der Waals surface area contributed by atoms with Gasteiger partial charge in [0.1, 0.15) is 0 Å². The fourth-order valence-corrected chi connectivity index (χ4v) is 2.80. The number of nitrogens with zero attached hydrogens (tertiary/aromatic N) is 2. The summed E-state index contributed by atoms with van der Waals surface area (Å²) in [6, 6.07) is 10.6. The number of para-hydroxylation sites is 1. The topological polar surface area (TPSA) is 28.2 Å². The van der Waals surface area contributed by atoms with E-state index in [1.54, 1.807) is 0 Å². The van der Waals surface area contributed by atoms with Crippen LogP contribution in [0.1, 0.15) is 12.0 Å². The van der Waals surface area contributed by atoms with Crippen molar-refractivity contribution in [3.05, 3.63) is 42.1 Å². The number of rotatable bonds is 4. The Morgan fingerprint density at radius 2 is 1.95 bits per heavy atom. The number of aryl methyl sites for hydroxylation is 1. The SMILES string of the molecule is c1ccc2c(CCCN3CCNCC3)ccnc2c1. The predicted octanol–water partition coefficient (Wildman–Crippen LogP) is 2.07. The number of benzene rings is 1. The van der Waals surface area contributed by atoms with Crippen molar-refractivity contribution >= 4 is 10.9 Å². The van der Waals surface area contributed by atoms with E-state index in [9.17, 15) is 0 Å². The number of fused-ring (bicyclic) bond motifs is 1. The van der Waals surface area contributed by atoms with Crippen LogP contribution in [0.2, 0.25) is 0 Å². The molecule has 0 amide bonds. The summed E-state index contributed by atoms with van der Waals surface area (Å²) < 4.78 is 0. The van der Waals surface area contributed by atoms with Gasteiger partial charge in [-0.15, -0.1) is 0 Å². The lowest BCUT2D eigenvalue weighted by atomic mass is 10.0. The van der Waals surface area contributed by atoms with E-state index >= 15 is 0 Å². The molecule has 0 bridgehead atoms. The fourth-order valence-electron chi connectivity index (χ4n) is 2.80. The van der Waals surface area contributed by atoms with Gasteiger partial charge in [0, 0.05) is 37.8 Å². The van der Waals surface area contributed by atoms with Crippen LogP contribution in [0.15, 0.2) is 36.5 Å². The minimum absolute atomic E-state index is 1.11. The average molecular weight is 255 g/mol. The third-order valence-corrected chi connectivity index (χ3v) is 3.87. The molecule has 1 aromatic heterocycles. The zero-order valence-corrected chi connectivity index (χ0v) is 11.3. The van der Waals surface area contributed by atoms with Crippen LogP contribution in [0.4, 0.5) is 0 Å². The van der Waals surface area contributed by atoms with Gasteiger partial charge < -0.3 is 10.2 Å². The van der Waals surface area contributed by atoms with Gasteiger partial charge in [0.25, 0.3) is 0 Å². The number of piperazine rings is 1. The standard InChI is InChI=1S/C16H21N3/c1-2-6-16-15(5-1)14(7-8-18-16)4-3-11-19-12-9-17-10-13-19/h1-2,5-8,17H,3-4,9-13H2. The Morgan fingerprint density at radius 3 is 2.84 bits per heavy atom. The molecule has 2 heterocycles. The molecule has 0 atom stereocenters. The van der Waals surface area contributed by atoms with Gasteiger partial charge in [-0.1, -0.05) is 18.2 Å². The molecule has 0 radical (unpaired) electrons. The molecule has 1 saturated heterocycles. The molecule has 1 aromatic carbocycles. The van der Waals surface area contributed by atoms with Crippen LogP contribution in [-0.4, -0.2) is 42.6 Å². The summed E-state index contributed by atoms with van der Waals surface area (Å²) in [5.74, 6) is 0. The summed E-state index contributed by atoms with van der Waals surface area (Å²) in [5, 5.41) is 4.71. The highest BCUT2D eigenvalue weighted by molar-refractivity contribution is 5.81. The van der Waals surface area contributed by atoms with Crippen molar-refractivity contribution in [1.82, 2.24) is 15.2 Å². The lowest BCUT2D eigenvalue weighted by Crippen LogP contribution is -2.43. The van der Waals surface area contributed by atoms with Crippen molar-refractivity contribution in [1.29, 1.82) is 0 Å². The van der Waals surface area contributed by atoms with E-state index in [2.05, 4.69) is 45.5 Å². The van der Waals surface area contributed by atoms with E-state index < -0.39 is 0 Å². The monoisotopic (exact) mass is 255 g/mol. The molecule has 19 heavy (non-hydrogen) atoms. The maximum atomic E-state index is 4.42. The van der Waals surface area contributed by atoms with E-state index in [1.807, 2.05) is 6.20 Å². The summed E-state index contributed by atoms with van der Waals surface area (Å²) in [6.45, 7) is 5.86. The van der Waals surface area contributed by atoms with Crippen molar-refractivity contribution in [2.24, 2.45) is 0 Å². The maximum absolute atomic E-state index is 4.42. The van der Waals surface area contributed by atoms with Gasteiger partial charge in [-0.25, -0.2) is 0 Å². The van der Waals surface area contributed by atoms with Gasteiger partial charge in [-0.2, -0.15) is 0 Å². The highest BCUT2D eigenvalue weighted by atomic mass is 15.2. The molecule has 3 heteroatoms. The second-order valence-corrected chi connectivity index (χ2v) is 5.18. The summed E-state index contributed by atoms with van der Waals surface area (Å²) in [4.78, 5) is 6.98. The van der Waals surface area contributed by atoms with Crippen LogP contribution >= 0.6 is 0 Å². The largest absolute Gasteiger partial charge is 0.314 e. The van der Waals surface area contributed by atoms with Gasteiger partial charge in [0.2, 0.25) is 0 Å². The van der Waals surface area contributed by atoms with Crippen LogP contribution in [0, 0.1) is 0 Å². The van der Waals surface area contributed by atoms with Crippen LogP contribution in [0.3, 0.4) is 0 Å². The number of aromatic nitrogens is 1. The Kier molecular flexibility index (Phi) is 4.06. The van der Waals surface area contributed by atoms with Gasteiger partial charge in [0.05, 0.1) is 5.52 Å². The summed E-state index contributed by atoms with van der Waals surface area (Å²) in [5.41, 5.74) is 2.54. The molecule has 1 N–H and O–H groups in total. The predicted molar refractivity (Wildman–Crippen MR) is 79.4 cm³/mol. The first-order chi connectivity index (χ1) is 9.43.